The Hall–Kier alpha value is -2.22. The second-order valence-corrected chi connectivity index (χ2v) is 4.32. The van der Waals surface area contributed by atoms with Crippen LogP contribution < -0.4 is 4.90 Å². The summed E-state index contributed by atoms with van der Waals surface area (Å²) in [6.45, 7) is 1.81. The molecule has 0 aliphatic carbocycles. The third-order valence-corrected chi connectivity index (χ3v) is 2.96. The van der Waals surface area contributed by atoms with Crippen LogP contribution in [-0.2, 0) is 14.3 Å². The Bertz CT molecular complexity index is 460. The minimum absolute atomic E-state index is 0.190. The lowest BCUT2D eigenvalue weighted by Crippen LogP contribution is -2.50. The SMILES string of the molecule is O=C(O)COCC(=O)N1CCN(c2cnccn2)CC1. The van der Waals surface area contributed by atoms with E-state index in [1.807, 2.05) is 0 Å². The summed E-state index contributed by atoms with van der Waals surface area (Å²) in [6.07, 6.45) is 4.93. The van der Waals surface area contributed by atoms with E-state index >= 15 is 0 Å². The predicted molar refractivity (Wildman–Crippen MR) is 69.3 cm³/mol. The highest BCUT2D eigenvalue weighted by Gasteiger charge is 2.21. The number of carbonyl (C=O) groups is 2. The van der Waals surface area contributed by atoms with Crippen LogP contribution in [0.3, 0.4) is 0 Å². The number of carboxylic acids is 1. The molecule has 108 valence electrons. The minimum Gasteiger partial charge on any atom is -0.480 e. The molecule has 1 aliphatic heterocycles. The maximum absolute atomic E-state index is 11.8. The standard InChI is InChI=1S/C12H16N4O4/c17-11(8-20-9-12(18)19)16-5-3-15(4-6-16)10-7-13-1-2-14-10/h1-2,7H,3-6,8-9H2,(H,18,19). The van der Waals surface area contributed by atoms with Crippen LogP contribution in [-0.4, -0.2) is 71.2 Å². The molecule has 1 aromatic rings. The normalized spacial score (nSPS) is 15.2. The summed E-state index contributed by atoms with van der Waals surface area (Å²) in [6, 6.07) is 0. The number of anilines is 1. The first kappa shape index (κ1) is 14.2. The van der Waals surface area contributed by atoms with Crippen molar-refractivity contribution in [2.24, 2.45) is 0 Å². The highest BCUT2D eigenvalue weighted by molar-refractivity contribution is 5.78. The van der Waals surface area contributed by atoms with Crippen LogP contribution in [0.1, 0.15) is 0 Å². The molecule has 0 unspecified atom stereocenters. The smallest absolute Gasteiger partial charge is 0.329 e. The number of nitrogens with zero attached hydrogens (tertiary/aromatic N) is 4. The zero-order valence-corrected chi connectivity index (χ0v) is 10.9. The average molecular weight is 280 g/mol. The molecule has 2 rings (SSSR count). The van der Waals surface area contributed by atoms with Crippen molar-refractivity contribution >= 4 is 17.7 Å². The molecule has 20 heavy (non-hydrogen) atoms. The fourth-order valence-corrected chi connectivity index (χ4v) is 1.96. The Morgan fingerprint density at radius 1 is 1.20 bits per heavy atom. The molecule has 2 heterocycles. The molecule has 1 aliphatic rings. The number of piperazine rings is 1. The van der Waals surface area contributed by atoms with Gasteiger partial charge in [0.15, 0.2) is 0 Å². The van der Waals surface area contributed by atoms with Crippen molar-refractivity contribution in [2.45, 2.75) is 0 Å². The molecule has 0 radical (unpaired) electrons. The molecule has 8 nitrogen and oxygen atoms in total. The first-order chi connectivity index (χ1) is 9.66. The number of amides is 1. The molecule has 0 aromatic carbocycles. The van der Waals surface area contributed by atoms with Gasteiger partial charge in [-0.15, -0.1) is 0 Å². The van der Waals surface area contributed by atoms with Crippen molar-refractivity contribution in [3.8, 4) is 0 Å². The molecule has 1 N–H and O–H groups in total. The molecule has 1 amide bonds. The van der Waals surface area contributed by atoms with Gasteiger partial charge in [-0.3, -0.25) is 9.78 Å². The highest BCUT2D eigenvalue weighted by Crippen LogP contribution is 2.11. The second-order valence-electron chi connectivity index (χ2n) is 4.32. The zero-order valence-electron chi connectivity index (χ0n) is 10.9. The van der Waals surface area contributed by atoms with Gasteiger partial charge in [0.05, 0.1) is 6.20 Å². The van der Waals surface area contributed by atoms with E-state index in [0.29, 0.717) is 26.2 Å². The first-order valence-electron chi connectivity index (χ1n) is 6.25. The van der Waals surface area contributed by atoms with Crippen LogP contribution >= 0.6 is 0 Å². The van der Waals surface area contributed by atoms with E-state index < -0.39 is 12.6 Å². The van der Waals surface area contributed by atoms with Gasteiger partial charge >= 0.3 is 5.97 Å². The van der Waals surface area contributed by atoms with Crippen LogP contribution in [0.2, 0.25) is 0 Å². The summed E-state index contributed by atoms with van der Waals surface area (Å²) in [5.74, 6) is -0.475. The predicted octanol–water partition coefficient (Wildman–Crippen LogP) is -0.774. The quantitative estimate of drug-likeness (QED) is 0.756. The van der Waals surface area contributed by atoms with Crippen LogP contribution in [0, 0.1) is 0 Å². The second kappa shape index (κ2) is 6.80. The molecule has 0 saturated carbocycles. The van der Waals surface area contributed by atoms with E-state index in [9.17, 15) is 9.59 Å². The number of rotatable bonds is 5. The van der Waals surface area contributed by atoms with Gasteiger partial charge in [0.1, 0.15) is 19.0 Å². The van der Waals surface area contributed by atoms with Gasteiger partial charge in [0.2, 0.25) is 5.91 Å². The van der Waals surface area contributed by atoms with E-state index in [2.05, 4.69) is 14.9 Å². The Balaban J connectivity index is 1.76. The molecule has 1 aromatic heterocycles. The lowest BCUT2D eigenvalue weighted by molar-refractivity contribution is -0.145. The van der Waals surface area contributed by atoms with Crippen molar-refractivity contribution in [1.29, 1.82) is 0 Å². The van der Waals surface area contributed by atoms with E-state index in [0.717, 1.165) is 5.82 Å². The van der Waals surface area contributed by atoms with Gasteiger partial charge in [-0.25, -0.2) is 9.78 Å². The van der Waals surface area contributed by atoms with E-state index in [4.69, 9.17) is 9.84 Å². The number of carbonyl (C=O) groups excluding carboxylic acids is 1. The maximum atomic E-state index is 11.8. The lowest BCUT2D eigenvalue weighted by atomic mass is 10.3. The minimum atomic E-state index is -1.08. The van der Waals surface area contributed by atoms with Crippen LogP contribution in [0.25, 0.3) is 0 Å². The van der Waals surface area contributed by atoms with Crippen LogP contribution in [0.4, 0.5) is 5.82 Å². The van der Waals surface area contributed by atoms with Crippen molar-refractivity contribution < 1.29 is 19.4 Å². The van der Waals surface area contributed by atoms with Gasteiger partial charge in [-0.05, 0) is 0 Å². The van der Waals surface area contributed by atoms with Crippen LogP contribution in [0.5, 0.6) is 0 Å². The molecule has 1 saturated heterocycles. The Morgan fingerprint density at radius 3 is 2.55 bits per heavy atom. The lowest BCUT2D eigenvalue weighted by Gasteiger charge is -2.35. The summed E-state index contributed by atoms with van der Waals surface area (Å²) >= 11 is 0. The summed E-state index contributed by atoms with van der Waals surface area (Å²) < 4.78 is 4.79. The zero-order chi connectivity index (χ0) is 14.4. The third kappa shape index (κ3) is 3.89. The van der Waals surface area contributed by atoms with E-state index in [1.165, 1.54) is 0 Å². The Morgan fingerprint density at radius 2 is 1.95 bits per heavy atom. The van der Waals surface area contributed by atoms with Crippen molar-refractivity contribution in [3.63, 3.8) is 0 Å². The van der Waals surface area contributed by atoms with E-state index in [-0.39, 0.29) is 12.5 Å². The van der Waals surface area contributed by atoms with Crippen molar-refractivity contribution in [1.82, 2.24) is 14.9 Å². The van der Waals surface area contributed by atoms with Gasteiger partial charge in [-0.1, -0.05) is 0 Å². The van der Waals surface area contributed by atoms with Crippen molar-refractivity contribution in [3.05, 3.63) is 18.6 Å². The summed E-state index contributed by atoms with van der Waals surface area (Å²) in [7, 11) is 0. The Kier molecular flexibility index (Phi) is 4.83. The molecule has 0 bridgehead atoms. The van der Waals surface area contributed by atoms with Crippen LogP contribution in [0.15, 0.2) is 18.6 Å². The topological polar surface area (TPSA) is 95.9 Å². The monoisotopic (exact) mass is 280 g/mol. The fraction of sp³-hybridized carbons (Fsp3) is 0.500. The number of hydrogen-bond acceptors (Lipinski definition) is 6. The first-order valence-corrected chi connectivity index (χ1v) is 6.25. The Labute approximate surface area is 116 Å². The number of aliphatic carboxylic acids is 1. The molecule has 0 spiro atoms. The molecule has 1 fully saturated rings. The molecule has 0 atom stereocenters. The van der Waals surface area contributed by atoms with Gasteiger partial charge in [0, 0.05) is 38.6 Å². The summed E-state index contributed by atoms with van der Waals surface area (Å²) in [5, 5.41) is 8.43. The fourth-order valence-electron chi connectivity index (χ4n) is 1.96. The number of hydrogen-bond donors (Lipinski definition) is 1. The average Bonchev–Trinajstić information content (AvgIpc) is 2.48. The van der Waals surface area contributed by atoms with Gasteiger partial charge in [0.25, 0.3) is 0 Å². The summed E-state index contributed by atoms with van der Waals surface area (Å²) in [4.78, 5) is 34.0. The van der Waals surface area contributed by atoms with Gasteiger partial charge in [-0.2, -0.15) is 0 Å². The molecular weight excluding hydrogens is 264 g/mol. The largest absolute Gasteiger partial charge is 0.480 e. The maximum Gasteiger partial charge on any atom is 0.329 e. The number of aromatic nitrogens is 2. The molecule has 8 heteroatoms. The highest BCUT2D eigenvalue weighted by atomic mass is 16.5. The third-order valence-electron chi connectivity index (χ3n) is 2.96. The van der Waals surface area contributed by atoms with Crippen molar-refractivity contribution in [2.75, 3.05) is 44.3 Å². The number of carboxylic acid groups (broad SMARTS) is 1. The molecular formula is C12H16N4O4. The van der Waals surface area contributed by atoms with Gasteiger partial charge < -0.3 is 19.6 Å². The number of ether oxygens (including phenoxy) is 1. The van der Waals surface area contributed by atoms with E-state index in [1.54, 1.807) is 23.5 Å². The summed E-state index contributed by atoms with van der Waals surface area (Å²) in [5.41, 5.74) is 0.